The second kappa shape index (κ2) is 4.64. The maximum atomic E-state index is 8.97. The number of aliphatic hydroxyl groups excluding tert-OH is 2. The molecule has 0 aliphatic rings. The molecule has 0 saturated heterocycles. The maximum Gasteiger partial charge on any atom is 0.237 e. The van der Waals surface area contributed by atoms with Crippen LogP contribution in [0.2, 0.25) is 0 Å². The largest absolute Gasteiger partial charge is 0.473 e. The van der Waals surface area contributed by atoms with Gasteiger partial charge in [0, 0.05) is 6.20 Å². The molecule has 72 valence electrons. The molecule has 1 atom stereocenters. The van der Waals surface area contributed by atoms with Gasteiger partial charge in [-0.2, -0.15) is 0 Å². The number of aromatic nitrogens is 1. The second-order valence-corrected chi connectivity index (χ2v) is 2.55. The average molecular weight is 184 g/mol. The number of hydrogen-bond acceptors (Lipinski definition) is 5. The van der Waals surface area contributed by atoms with Gasteiger partial charge in [-0.3, -0.25) is 0 Å². The first kappa shape index (κ1) is 9.76. The van der Waals surface area contributed by atoms with Gasteiger partial charge in [-0.25, -0.2) is 4.98 Å². The van der Waals surface area contributed by atoms with E-state index in [-0.39, 0.29) is 19.1 Å². The summed E-state index contributed by atoms with van der Waals surface area (Å²) in [5.41, 5.74) is 5.93. The number of pyridine rings is 1. The monoisotopic (exact) mass is 184 g/mol. The minimum absolute atomic E-state index is 0.0162. The van der Waals surface area contributed by atoms with Gasteiger partial charge in [0.2, 0.25) is 5.88 Å². The first-order valence-electron chi connectivity index (χ1n) is 3.86. The van der Waals surface area contributed by atoms with Gasteiger partial charge in [0.1, 0.15) is 12.7 Å². The molecule has 5 nitrogen and oxygen atoms in total. The Morgan fingerprint density at radius 1 is 1.62 bits per heavy atom. The Balaban J connectivity index is 2.50. The third kappa shape index (κ3) is 2.89. The van der Waals surface area contributed by atoms with Crippen molar-refractivity contribution >= 4 is 5.69 Å². The van der Waals surface area contributed by atoms with Crippen molar-refractivity contribution in [2.24, 2.45) is 0 Å². The Labute approximate surface area is 75.8 Å². The van der Waals surface area contributed by atoms with Crippen LogP contribution >= 0.6 is 0 Å². The van der Waals surface area contributed by atoms with Crippen molar-refractivity contribution in [2.45, 2.75) is 6.10 Å². The number of ether oxygens (including phenoxy) is 1. The maximum absolute atomic E-state index is 8.97. The topological polar surface area (TPSA) is 88.6 Å². The number of nitrogens with zero attached hydrogens (tertiary/aromatic N) is 1. The zero-order valence-electron chi connectivity index (χ0n) is 7.05. The van der Waals surface area contributed by atoms with E-state index in [9.17, 15) is 0 Å². The lowest BCUT2D eigenvalue weighted by molar-refractivity contribution is 0.0524. The number of rotatable bonds is 4. The van der Waals surface area contributed by atoms with Crippen molar-refractivity contribution in [1.29, 1.82) is 0 Å². The zero-order chi connectivity index (χ0) is 9.68. The molecule has 13 heavy (non-hydrogen) atoms. The van der Waals surface area contributed by atoms with E-state index in [0.717, 1.165) is 0 Å². The molecule has 0 fully saturated rings. The number of hydrogen-bond donors (Lipinski definition) is 3. The molecule has 0 radical (unpaired) electrons. The van der Waals surface area contributed by atoms with Gasteiger partial charge >= 0.3 is 0 Å². The summed E-state index contributed by atoms with van der Waals surface area (Å²) in [6, 6.07) is 3.33. The highest BCUT2D eigenvalue weighted by atomic mass is 16.5. The molecule has 1 aromatic heterocycles. The van der Waals surface area contributed by atoms with Crippen LogP contribution < -0.4 is 10.5 Å². The van der Waals surface area contributed by atoms with Crippen molar-refractivity contribution in [3.05, 3.63) is 18.3 Å². The summed E-state index contributed by atoms with van der Waals surface area (Å²) in [6.45, 7) is -0.357. The standard InChI is InChI=1S/C8H12N2O3/c9-7-2-1-3-10-8(7)13-5-6(12)4-11/h1-3,6,11-12H,4-5,9H2. The normalized spacial score (nSPS) is 12.5. The summed E-state index contributed by atoms with van der Waals surface area (Å²) in [5, 5.41) is 17.5. The quantitative estimate of drug-likeness (QED) is 0.581. The molecular weight excluding hydrogens is 172 g/mol. The molecule has 1 aromatic rings. The van der Waals surface area contributed by atoms with Crippen LogP contribution in [0.4, 0.5) is 5.69 Å². The molecule has 5 heteroatoms. The first-order chi connectivity index (χ1) is 6.24. The average Bonchev–Trinajstić information content (AvgIpc) is 2.16. The van der Waals surface area contributed by atoms with Crippen LogP contribution in [0.3, 0.4) is 0 Å². The van der Waals surface area contributed by atoms with Gasteiger partial charge in [0.15, 0.2) is 0 Å². The molecular formula is C8H12N2O3. The van der Waals surface area contributed by atoms with Crippen LogP contribution in [0.1, 0.15) is 0 Å². The Kier molecular flexibility index (Phi) is 3.48. The fourth-order valence-electron chi connectivity index (χ4n) is 0.752. The van der Waals surface area contributed by atoms with E-state index >= 15 is 0 Å². The summed E-state index contributed by atoms with van der Waals surface area (Å²) in [7, 11) is 0. The van der Waals surface area contributed by atoms with Crippen LogP contribution in [0, 0.1) is 0 Å². The second-order valence-electron chi connectivity index (χ2n) is 2.55. The van der Waals surface area contributed by atoms with Crippen molar-refractivity contribution in [3.8, 4) is 5.88 Å². The summed E-state index contributed by atoms with van der Waals surface area (Å²) in [6.07, 6.45) is 0.637. The van der Waals surface area contributed by atoms with Crippen molar-refractivity contribution in [2.75, 3.05) is 18.9 Å². The Morgan fingerprint density at radius 2 is 2.38 bits per heavy atom. The van der Waals surface area contributed by atoms with E-state index in [1.165, 1.54) is 6.20 Å². The van der Waals surface area contributed by atoms with Crippen LogP contribution in [0.15, 0.2) is 18.3 Å². The fraction of sp³-hybridized carbons (Fsp3) is 0.375. The molecule has 0 bridgehead atoms. The van der Waals surface area contributed by atoms with Gasteiger partial charge in [0.05, 0.1) is 12.3 Å². The third-order valence-corrected chi connectivity index (χ3v) is 1.42. The van der Waals surface area contributed by atoms with Crippen molar-refractivity contribution in [1.82, 2.24) is 4.98 Å². The summed E-state index contributed by atoms with van der Waals surface area (Å²) >= 11 is 0. The fourth-order valence-corrected chi connectivity index (χ4v) is 0.752. The van der Waals surface area contributed by atoms with E-state index in [2.05, 4.69) is 4.98 Å². The number of anilines is 1. The highest BCUT2D eigenvalue weighted by Gasteiger charge is 2.05. The molecule has 0 spiro atoms. The van der Waals surface area contributed by atoms with Crippen molar-refractivity contribution in [3.63, 3.8) is 0 Å². The van der Waals surface area contributed by atoms with E-state index in [0.29, 0.717) is 5.69 Å². The lowest BCUT2D eigenvalue weighted by Crippen LogP contribution is -2.21. The molecule has 1 heterocycles. The summed E-state index contributed by atoms with van der Waals surface area (Å²) < 4.78 is 5.04. The van der Waals surface area contributed by atoms with E-state index < -0.39 is 6.10 Å². The molecule has 1 unspecified atom stereocenters. The summed E-state index contributed by atoms with van der Waals surface area (Å²) in [5.74, 6) is 0.273. The van der Waals surface area contributed by atoms with E-state index in [1.807, 2.05) is 0 Å². The molecule has 0 aromatic carbocycles. The van der Waals surface area contributed by atoms with Gasteiger partial charge in [-0.05, 0) is 12.1 Å². The van der Waals surface area contributed by atoms with Gasteiger partial charge < -0.3 is 20.7 Å². The van der Waals surface area contributed by atoms with Gasteiger partial charge in [0.25, 0.3) is 0 Å². The molecule has 4 N–H and O–H groups in total. The Bertz CT molecular complexity index is 267. The van der Waals surface area contributed by atoms with Crippen LogP contribution in [0.25, 0.3) is 0 Å². The summed E-state index contributed by atoms with van der Waals surface area (Å²) in [4.78, 5) is 3.84. The minimum atomic E-state index is -0.901. The van der Waals surface area contributed by atoms with Gasteiger partial charge in [-0.15, -0.1) is 0 Å². The van der Waals surface area contributed by atoms with Crippen molar-refractivity contribution < 1.29 is 14.9 Å². The molecule has 0 saturated carbocycles. The smallest absolute Gasteiger partial charge is 0.237 e. The molecule has 0 amide bonds. The molecule has 0 aliphatic carbocycles. The number of nitrogens with two attached hydrogens (primary N) is 1. The SMILES string of the molecule is Nc1cccnc1OCC(O)CO. The third-order valence-electron chi connectivity index (χ3n) is 1.42. The molecule has 0 aliphatic heterocycles. The minimum Gasteiger partial charge on any atom is -0.473 e. The lowest BCUT2D eigenvalue weighted by atomic mass is 10.4. The van der Waals surface area contributed by atoms with Crippen LogP contribution in [0.5, 0.6) is 5.88 Å². The molecule has 1 rings (SSSR count). The van der Waals surface area contributed by atoms with E-state index in [1.54, 1.807) is 12.1 Å². The number of aliphatic hydroxyl groups is 2. The predicted molar refractivity (Wildman–Crippen MR) is 47.2 cm³/mol. The predicted octanol–water partition coefficient (Wildman–Crippen LogP) is -0.604. The Morgan fingerprint density at radius 3 is 3.00 bits per heavy atom. The van der Waals surface area contributed by atoms with E-state index in [4.69, 9.17) is 20.7 Å². The van der Waals surface area contributed by atoms with Crippen LogP contribution in [-0.2, 0) is 0 Å². The highest BCUT2D eigenvalue weighted by Crippen LogP contribution is 2.15. The van der Waals surface area contributed by atoms with Gasteiger partial charge in [-0.1, -0.05) is 0 Å². The number of nitrogen functional groups attached to an aromatic ring is 1. The Hall–Kier alpha value is -1.33. The lowest BCUT2D eigenvalue weighted by Gasteiger charge is -2.09. The van der Waals surface area contributed by atoms with Crippen LogP contribution in [-0.4, -0.2) is 34.5 Å². The zero-order valence-corrected chi connectivity index (χ0v) is 7.05. The highest BCUT2D eigenvalue weighted by molar-refractivity contribution is 5.46. The first-order valence-corrected chi connectivity index (χ1v) is 3.86.